The van der Waals surface area contributed by atoms with E-state index >= 15 is 0 Å². The quantitative estimate of drug-likeness (QED) is 0.107. The van der Waals surface area contributed by atoms with Gasteiger partial charge < -0.3 is 39.9 Å². The maximum absolute atomic E-state index is 13.7. The van der Waals surface area contributed by atoms with Gasteiger partial charge >= 0.3 is 12.2 Å². The average molecular weight is 814 g/mol. The molecule has 60 heavy (non-hydrogen) atoms. The minimum absolute atomic E-state index is 0.114. The standard InChI is InChI=1S/C45H51N9O6/c1-25(2)38(51-44(57)59-5)42(55)53-17-7-8-36(53)40-47-23-35(50-40)33-16-15-31-19-30(13-14-32(31)20-33)28-9-11-29(12-10-28)34-22-48-41(49-34)37-18-27(21-46)24-54(37)43(56)39(26(3)4)52-45(58)60-6/h9-16,19-20,22-23,25-27,36-39H,7-8,17-18,24H2,1-6H3,(H,47,50)(H,48,49)(H,51,57)(H,52,58)/t27-,36-,37-,38?,39-/m0/s1. The lowest BCUT2D eigenvalue weighted by Crippen LogP contribution is -2.51. The Morgan fingerprint density at radius 1 is 0.717 bits per heavy atom. The van der Waals surface area contributed by atoms with Crippen LogP contribution in [0.5, 0.6) is 0 Å². The van der Waals surface area contributed by atoms with Crippen LogP contribution in [-0.2, 0) is 19.1 Å². The number of H-pyrrole nitrogens is 2. The Morgan fingerprint density at radius 3 is 1.78 bits per heavy atom. The molecular formula is C45H51N9O6. The summed E-state index contributed by atoms with van der Waals surface area (Å²) in [4.78, 5) is 71.0. The molecule has 0 radical (unpaired) electrons. The van der Waals surface area contributed by atoms with Crippen LogP contribution in [0.3, 0.4) is 0 Å². The van der Waals surface area contributed by atoms with Gasteiger partial charge in [0.05, 0.1) is 62.1 Å². The highest BCUT2D eigenvalue weighted by Crippen LogP contribution is 2.37. The van der Waals surface area contributed by atoms with E-state index in [1.165, 1.54) is 14.2 Å². The third-order valence-corrected chi connectivity index (χ3v) is 11.6. The topological polar surface area (TPSA) is 198 Å². The van der Waals surface area contributed by atoms with Gasteiger partial charge in [-0.15, -0.1) is 0 Å². The number of methoxy groups -OCH3 is 2. The number of hydrogen-bond donors (Lipinski definition) is 4. The molecule has 1 unspecified atom stereocenters. The van der Waals surface area contributed by atoms with E-state index in [0.29, 0.717) is 18.8 Å². The molecular weight excluding hydrogens is 763 g/mol. The van der Waals surface area contributed by atoms with Crippen LogP contribution in [0.15, 0.2) is 73.1 Å². The summed E-state index contributed by atoms with van der Waals surface area (Å²) in [5.74, 6) is 0.203. The largest absolute Gasteiger partial charge is 0.453 e. The molecule has 2 fully saturated rings. The first kappa shape index (κ1) is 41.5. The highest BCUT2D eigenvalue weighted by Gasteiger charge is 2.42. The Balaban J connectivity index is 1.04. The molecule has 4 N–H and O–H groups in total. The summed E-state index contributed by atoms with van der Waals surface area (Å²) in [6, 6.07) is 20.9. The van der Waals surface area contributed by atoms with Crippen LogP contribution in [0.1, 0.15) is 70.7 Å². The number of rotatable bonds is 11. The molecule has 312 valence electrons. The van der Waals surface area contributed by atoms with Gasteiger partial charge in [-0.25, -0.2) is 19.6 Å². The number of carbonyl (C=O) groups is 4. The monoisotopic (exact) mass is 813 g/mol. The number of carbonyl (C=O) groups excluding carboxylic acids is 4. The molecule has 7 rings (SSSR count). The molecule has 3 aromatic carbocycles. The lowest BCUT2D eigenvalue weighted by atomic mass is 9.98. The first-order valence-electron chi connectivity index (χ1n) is 20.3. The van der Waals surface area contributed by atoms with Crippen molar-refractivity contribution in [3.05, 3.63) is 84.7 Å². The van der Waals surface area contributed by atoms with E-state index in [4.69, 9.17) is 14.5 Å². The lowest BCUT2D eigenvalue weighted by Gasteiger charge is -2.30. The van der Waals surface area contributed by atoms with E-state index in [2.05, 4.69) is 80.2 Å². The lowest BCUT2D eigenvalue weighted by molar-refractivity contribution is -0.136. The number of imidazole rings is 2. The number of aromatic nitrogens is 4. The van der Waals surface area contributed by atoms with E-state index in [9.17, 15) is 24.4 Å². The van der Waals surface area contributed by atoms with Gasteiger partial charge in [0.1, 0.15) is 23.7 Å². The SMILES string of the molecule is COC(=O)NC(C(=O)N1CCC[C@H]1c1ncc(-c2ccc3cc(-c4ccc(-c5cnc([C@@H]6C[C@@H](C#N)CN6C(=O)[C@@H](NC(=O)OC)C(C)C)[nH]5)cc4)ccc3c2)[nH]1)C(C)C. The van der Waals surface area contributed by atoms with E-state index in [-0.39, 0.29) is 42.2 Å². The summed E-state index contributed by atoms with van der Waals surface area (Å²) < 4.78 is 9.52. The summed E-state index contributed by atoms with van der Waals surface area (Å²) in [6.07, 6.45) is 4.28. The second-order valence-corrected chi connectivity index (χ2v) is 16.2. The van der Waals surface area contributed by atoms with Gasteiger partial charge in [0, 0.05) is 18.7 Å². The van der Waals surface area contributed by atoms with Crippen molar-refractivity contribution in [2.45, 2.75) is 71.1 Å². The van der Waals surface area contributed by atoms with E-state index in [1.807, 2.05) is 46.0 Å². The summed E-state index contributed by atoms with van der Waals surface area (Å²) in [5, 5.41) is 17.2. The number of aromatic amines is 2. The number of hydrogen-bond acceptors (Lipinski definition) is 9. The molecule has 0 bridgehead atoms. The number of fused-ring (bicyclic) bond motifs is 1. The number of nitriles is 1. The van der Waals surface area contributed by atoms with Crippen LogP contribution in [-0.4, -0.2) is 93.1 Å². The van der Waals surface area contributed by atoms with Crippen LogP contribution in [0.25, 0.3) is 44.4 Å². The Labute approximate surface area is 348 Å². The molecule has 2 saturated heterocycles. The van der Waals surface area contributed by atoms with Crippen molar-refractivity contribution >= 4 is 34.8 Å². The molecule has 2 aliphatic rings. The first-order chi connectivity index (χ1) is 28.9. The molecule has 0 aliphatic carbocycles. The third-order valence-electron chi connectivity index (χ3n) is 11.6. The second kappa shape index (κ2) is 17.7. The zero-order valence-electron chi connectivity index (χ0n) is 34.7. The van der Waals surface area contributed by atoms with Crippen LogP contribution >= 0.6 is 0 Å². The fourth-order valence-electron chi connectivity index (χ4n) is 8.24. The van der Waals surface area contributed by atoms with E-state index in [1.54, 1.807) is 16.0 Å². The van der Waals surface area contributed by atoms with Crippen LogP contribution < -0.4 is 10.6 Å². The number of alkyl carbamates (subject to hydrolysis) is 2. The number of likely N-dealkylation sites (tertiary alicyclic amines) is 2. The van der Waals surface area contributed by atoms with E-state index in [0.717, 1.165) is 63.1 Å². The maximum Gasteiger partial charge on any atom is 0.407 e. The molecule has 5 aromatic rings. The highest BCUT2D eigenvalue weighted by atomic mass is 16.5. The molecule has 2 aromatic heterocycles. The zero-order valence-corrected chi connectivity index (χ0v) is 34.7. The Morgan fingerprint density at radius 2 is 1.22 bits per heavy atom. The Hall–Kier alpha value is -6.69. The third kappa shape index (κ3) is 8.54. The van der Waals surface area contributed by atoms with Crippen molar-refractivity contribution in [1.29, 1.82) is 5.26 Å². The van der Waals surface area contributed by atoms with Crippen molar-refractivity contribution in [3.63, 3.8) is 0 Å². The molecule has 4 heterocycles. The number of ether oxygens (including phenoxy) is 2. The molecule has 2 aliphatic heterocycles. The summed E-state index contributed by atoms with van der Waals surface area (Å²) in [6.45, 7) is 8.33. The fraction of sp³-hybridized carbons (Fsp3) is 0.400. The van der Waals surface area contributed by atoms with Gasteiger partial charge in [0.2, 0.25) is 11.8 Å². The van der Waals surface area contributed by atoms with Crippen molar-refractivity contribution in [3.8, 4) is 39.7 Å². The smallest absolute Gasteiger partial charge is 0.407 e. The van der Waals surface area contributed by atoms with Gasteiger partial charge in [-0.3, -0.25) is 9.59 Å². The predicted octanol–water partition coefficient (Wildman–Crippen LogP) is 7.12. The van der Waals surface area contributed by atoms with Crippen molar-refractivity contribution in [2.75, 3.05) is 27.3 Å². The minimum Gasteiger partial charge on any atom is -0.453 e. The van der Waals surface area contributed by atoms with Crippen molar-refractivity contribution < 1.29 is 28.7 Å². The van der Waals surface area contributed by atoms with Crippen molar-refractivity contribution in [2.24, 2.45) is 17.8 Å². The van der Waals surface area contributed by atoms with Crippen LogP contribution in [0.2, 0.25) is 0 Å². The molecule has 5 atom stereocenters. The second-order valence-electron chi connectivity index (χ2n) is 16.2. The molecule has 15 nitrogen and oxygen atoms in total. The summed E-state index contributed by atoms with van der Waals surface area (Å²) >= 11 is 0. The highest BCUT2D eigenvalue weighted by molar-refractivity contribution is 5.91. The summed E-state index contributed by atoms with van der Waals surface area (Å²) in [7, 11) is 2.54. The first-order valence-corrected chi connectivity index (χ1v) is 20.3. The molecule has 4 amide bonds. The Bertz CT molecular complexity index is 2410. The van der Waals surface area contributed by atoms with Gasteiger partial charge in [-0.1, -0.05) is 76.2 Å². The fourth-order valence-corrected chi connectivity index (χ4v) is 8.24. The van der Waals surface area contributed by atoms with Gasteiger partial charge in [-0.05, 0) is 70.7 Å². The van der Waals surface area contributed by atoms with Gasteiger partial charge in [-0.2, -0.15) is 5.26 Å². The number of nitrogens with one attached hydrogen (secondary N) is 4. The normalized spacial score (nSPS) is 18.7. The Kier molecular flexibility index (Phi) is 12.2. The zero-order chi connectivity index (χ0) is 42.7. The molecule has 0 saturated carbocycles. The van der Waals surface area contributed by atoms with Crippen molar-refractivity contribution in [1.82, 2.24) is 40.4 Å². The predicted molar refractivity (Wildman–Crippen MR) is 225 cm³/mol. The molecule has 15 heteroatoms. The summed E-state index contributed by atoms with van der Waals surface area (Å²) in [5.41, 5.74) is 5.64. The number of benzene rings is 3. The number of amides is 4. The van der Waals surface area contributed by atoms with Gasteiger partial charge in [0.25, 0.3) is 0 Å². The van der Waals surface area contributed by atoms with E-state index < -0.39 is 30.3 Å². The number of nitrogens with zero attached hydrogens (tertiary/aromatic N) is 5. The van der Waals surface area contributed by atoms with Crippen LogP contribution in [0.4, 0.5) is 9.59 Å². The average Bonchev–Trinajstić information content (AvgIpc) is 4.10. The van der Waals surface area contributed by atoms with Crippen LogP contribution in [0, 0.1) is 29.1 Å². The van der Waals surface area contributed by atoms with Gasteiger partial charge in [0.15, 0.2) is 0 Å². The minimum atomic E-state index is -0.808. The maximum atomic E-state index is 13.7. The molecule has 0 spiro atoms.